The van der Waals surface area contributed by atoms with Crippen LogP contribution in [-0.4, -0.2) is 96.7 Å². The Morgan fingerprint density at radius 2 is 0.580 bits per heavy atom. The molecule has 17 nitrogen and oxygen atoms in total. The molecule has 0 spiro atoms. The van der Waals surface area contributed by atoms with Crippen molar-refractivity contribution in [1.82, 2.24) is 0 Å². The molecule has 0 aromatic carbocycles. The molecule has 0 aromatic heterocycles. The Hall–Kier alpha value is -1.94. The minimum Gasteiger partial charge on any atom is -0.462 e. The van der Waals surface area contributed by atoms with E-state index in [4.69, 9.17) is 37.0 Å². The monoisotopic (exact) mass is 1300 g/mol. The van der Waals surface area contributed by atoms with Crippen molar-refractivity contribution in [1.29, 1.82) is 0 Å². The van der Waals surface area contributed by atoms with E-state index in [2.05, 4.69) is 48.5 Å². The van der Waals surface area contributed by atoms with Gasteiger partial charge in [-0.05, 0) is 43.4 Å². The van der Waals surface area contributed by atoms with E-state index in [9.17, 15) is 43.2 Å². The molecule has 0 aliphatic carbocycles. The molecule has 0 aliphatic rings. The molecule has 0 radical (unpaired) electrons. The Morgan fingerprint density at radius 1 is 0.330 bits per heavy atom. The summed E-state index contributed by atoms with van der Waals surface area (Å²) in [6, 6.07) is 0. The first-order valence-corrected chi connectivity index (χ1v) is 38.9. The van der Waals surface area contributed by atoms with Crippen LogP contribution >= 0.6 is 15.6 Å². The number of hydrogen-bond acceptors (Lipinski definition) is 15. The zero-order chi connectivity index (χ0) is 65.2. The quantitative estimate of drug-likeness (QED) is 0.0222. The van der Waals surface area contributed by atoms with Crippen molar-refractivity contribution < 1.29 is 80.2 Å². The minimum atomic E-state index is -4.95. The first-order chi connectivity index (χ1) is 42.3. The summed E-state index contributed by atoms with van der Waals surface area (Å²) in [4.78, 5) is 72.4. The minimum absolute atomic E-state index is 0.103. The maximum absolute atomic E-state index is 13.0. The fraction of sp³-hybridized carbons (Fsp3) is 0.942. The molecule has 19 heteroatoms. The van der Waals surface area contributed by atoms with Crippen molar-refractivity contribution >= 4 is 39.5 Å². The van der Waals surface area contributed by atoms with Gasteiger partial charge in [-0.25, -0.2) is 9.13 Å². The van der Waals surface area contributed by atoms with Crippen LogP contribution in [0.25, 0.3) is 0 Å². The van der Waals surface area contributed by atoms with Crippen molar-refractivity contribution in [3.63, 3.8) is 0 Å². The highest BCUT2D eigenvalue weighted by Gasteiger charge is 2.30. The summed E-state index contributed by atoms with van der Waals surface area (Å²) in [6.45, 7) is 11.8. The van der Waals surface area contributed by atoms with Crippen molar-refractivity contribution in [2.75, 3.05) is 39.6 Å². The van der Waals surface area contributed by atoms with Crippen LogP contribution in [0.15, 0.2) is 0 Å². The Balaban J connectivity index is 5.23. The van der Waals surface area contributed by atoms with Gasteiger partial charge in [-0.2, -0.15) is 0 Å². The number of aliphatic hydroxyl groups excluding tert-OH is 1. The van der Waals surface area contributed by atoms with Gasteiger partial charge in [0.1, 0.15) is 19.3 Å². The fourth-order valence-corrected chi connectivity index (χ4v) is 11.9. The van der Waals surface area contributed by atoms with E-state index in [1.54, 1.807) is 0 Å². The van der Waals surface area contributed by atoms with E-state index < -0.39 is 97.5 Å². The predicted molar refractivity (Wildman–Crippen MR) is 354 cm³/mol. The van der Waals surface area contributed by atoms with Crippen LogP contribution in [0.2, 0.25) is 0 Å². The van der Waals surface area contributed by atoms with Crippen LogP contribution in [-0.2, 0) is 65.4 Å². The standard InChI is InChI=1S/C69H134O17P2/c1-8-10-11-12-13-20-29-36-43-50-66(71)79-57-65(86-69(74)53-46-39-32-25-27-34-41-48-61(5)6)59-84-88(77,78)82-55-63(70)54-81-87(75,76)83-58-64(56-80-67(72)51-44-37-30-24-23-28-35-42-49-62(7)9-2)85-68(73)52-45-38-31-22-19-17-15-14-16-18-21-26-33-40-47-60(3)4/h60-65,70H,8-59H2,1-7H3,(H,75,76)(H,77,78)/t62?,63-,64-,65-/m1/s1. The van der Waals surface area contributed by atoms with Gasteiger partial charge in [0.25, 0.3) is 0 Å². The Bertz CT molecular complexity index is 1730. The summed E-state index contributed by atoms with van der Waals surface area (Å²) >= 11 is 0. The number of carbonyl (C=O) groups is 4. The second kappa shape index (κ2) is 60.0. The third-order valence-corrected chi connectivity index (χ3v) is 18.1. The van der Waals surface area contributed by atoms with Gasteiger partial charge in [-0.3, -0.25) is 37.3 Å². The number of aliphatic hydroxyl groups is 1. The van der Waals surface area contributed by atoms with E-state index in [1.807, 2.05) is 0 Å². The molecule has 0 saturated carbocycles. The average molecular weight is 1300 g/mol. The lowest BCUT2D eigenvalue weighted by Crippen LogP contribution is -2.30. The largest absolute Gasteiger partial charge is 0.472 e. The molecule has 0 saturated heterocycles. The molecule has 0 amide bonds. The van der Waals surface area contributed by atoms with E-state index in [1.165, 1.54) is 154 Å². The zero-order valence-corrected chi connectivity index (χ0v) is 59.0. The van der Waals surface area contributed by atoms with Crippen LogP contribution in [0.3, 0.4) is 0 Å². The molecule has 0 fully saturated rings. The summed E-state index contributed by atoms with van der Waals surface area (Å²) in [5, 5.41) is 10.6. The lowest BCUT2D eigenvalue weighted by Gasteiger charge is -2.21. The smallest absolute Gasteiger partial charge is 0.462 e. The number of phosphoric acid groups is 2. The summed E-state index contributed by atoms with van der Waals surface area (Å²) in [7, 11) is -9.90. The van der Waals surface area contributed by atoms with Crippen LogP contribution in [0, 0.1) is 17.8 Å². The maximum atomic E-state index is 13.0. The van der Waals surface area contributed by atoms with E-state index in [-0.39, 0.29) is 25.7 Å². The highest BCUT2D eigenvalue weighted by atomic mass is 31.2. The molecule has 3 N–H and O–H groups in total. The fourth-order valence-electron chi connectivity index (χ4n) is 10.3. The van der Waals surface area contributed by atoms with E-state index in [0.29, 0.717) is 31.6 Å². The summed E-state index contributed by atoms with van der Waals surface area (Å²) in [6.07, 6.45) is 43.1. The van der Waals surface area contributed by atoms with Gasteiger partial charge >= 0.3 is 39.5 Å². The Labute approximate surface area is 537 Å². The van der Waals surface area contributed by atoms with Crippen molar-refractivity contribution in [2.24, 2.45) is 17.8 Å². The molecule has 0 rings (SSSR count). The van der Waals surface area contributed by atoms with Gasteiger partial charge in [-0.1, -0.05) is 292 Å². The zero-order valence-electron chi connectivity index (χ0n) is 57.2. The summed E-state index contributed by atoms with van der Waals surface area (Å²) in [5.74, 6) is 0.137. The number of phosphoric ester groups is 2. The molecule has 0 aromatic rings. The van der Waals surface area contributed by atoms with Crippen LogP contribution in [0.5, 0.6) is 0 Å². The topological polar surface area (TPSA) is 237 Å². The molecule has 3 unspecified atom stereocenters. The maximum Gasteiger partial charge on any atom is 0.472 e. The van der Waals surface area contributed by atoms with Gasteiger partial charge in [0.05, 0.1) is 26.4 Å². The molecule has 0 bridgehead atoms. The second-order valence-electron chi connectivity index (χ2n) is 26.1. The van der Waals surface area contributed by atoms with Crippen LogP contribution < -0.4 is 0 Å². The number of carbonyl (C=O) groups excluding carboxylic acids is 4. The van der Waals surface area contributed by atoms with Gasteiger partial charge in [-0.15, -0.1) is 0 Å². The van der Waals surface area contributed by atoms with Gasteiger partial charge in [0, 0.05) is 25.7 Å². The highest BCUT2D eigenvalue weighted by molar-refractivity contribution is 7.47. The SMILES string of the molecule is CCCCCCCCCCCC(=O)OC[C@H](COP(=O)(O)OC[C@H](O)COP(=O)(O)OC[C@@H](COC(=O)CCCCCCCCCCC(C)CC)OC(=O)CCCCCCCCCCCCCCCCC(C)C)OC(=O)CCCCCCCCCC(C)C. The Morgan fingerprint density at radius 3 is 0.864 bits per heavy atom. The van der Waals surface area contributed by atoms with Gasteiger partial charge in [0.15, 0.2) is 12.2 Å². The van der Waals surface area contributed by atoms with Crippen molar-refractivity contribution in [3.8, 4) is 0 Å². The van der Waals surface area contributed by atoms with E-state index >= 15 is 0 Å². The Kier molecular flexibility index (Phi) is 58.7. The highest BCUT2D eigenvalue weighted by Crippen LogP contribution is 2.45. The van der Waals surface area contributed by atoms with Crippen LogP contribution in [0.4, 0.5) is 0 Å². The lowest BCUT2D eigenvalue weighted by atomic mass is 9.99. The number of ether oxygens (including phenoxy) is 4. The first-order valence-electron chi connectivity index (χ1n) is 35.9. The lowest BCUT2D eigenvalue weighted by molar-refractivity contribution is -0.161. The third-order valence-electron chi connectivity index (χ3n) is 16.2. The number of unbranched alkanes of at least 4 members (excludes halogenated alkanes) is 34. The third kappa shape index (κ3) is 61.6. The molecule has 6 atom stereocenters. The van der Waals surface area contributed by atoms with Gasteiger partial charge < -0.3 is 33.8 Å². The van der Waals surface area contributed by atoms with Crippen molar-refractivity contribution in [3.05, 3.63) is 0 Å². The second-order valence-corrected chi connectivity index (χ2v) is 29.0. The number of rotatable bonds is 67. The molecule has 88 heavy (non-hydrogen) atoms. The molecule has 0 aliphatic heterocycles. The van der Waals surface area contributed by atoms with Crippen molar-refractivity contribution in [2.45, 2.75) is 362 Å². The molecular formula is C69H134O17P2. The molecular weight excluding hydrogens is 1160 g/mol. The first kappa shape index (κ1) is 86.1. The molecule has 522 valence electrons. The summed E-state index contributed by atoms with van der Waals surface area (Å²) in [5.41, 5.74) is 0. The predicted octanol–water partition coefficient (Wildman–Crippen LogP) is 19.5. The van der Waals surface area contributed by atoms with E-state index in [0.717, 1.165) is 102 Å². The van der Waals surface area contributed by atoms with Gasteiger partial charge in [0.2, 0.25) is 0 Å². The molecule has 0 heterocycles. The van der Waals surface area contributed by atoms with Crippen LogP contribution in [0.1, 0.15) is 344 Å². The number of hydrogen-bond donors (Lipinski definition) is 3. The number of esters is 4. The average Bonchev–Trinajstić information content (AvgIpc) is 3.70. The normalized spacial score (nSPS) is 14.5. The summed E-state index contributed by atoms with van der Waals surface area (Å²) < 4.78 is 68.2.